The number of nitrogens with one attached hydrogen (secondary N) is 1. The van der Waals surface area contributed by atoms with Crippen LogP contribution in [0.3, 0.4) is 0 Å². The van der Waals surface area contributed by atoms with Gasteiger partial charge in [0.05, 0.1) is 24.4 Å². The Kier molecular flexibility index (Phi) is 4.53. The van der Waals surface area contributed by atoms with Crippen LogP contribution in [0.2, 0.25) is 0 Å². The normalized spacial score (nSPS) is 11.2. The van der Waals surface area contributed by atoms with Gasteiger partial charge in [-0.25, -0.2) is 9.97 Å². The third-order valence-electron chi connectivity index (χ3n) is 4.48. The van der Waals surface area contributed by atoms with Gasteiger partial charge < -0.3 is 9.72 Å². The van der Waals surface area contributed by atoms with E-state index < -0.39 is 0 Å². The number of aryl methyl sites for hydroxylation is 3. The molecule has 138 valence electrons. The summed E-state index contributed by atoms with van der Waals surface area (Å²) in [6.45, 7) is 6.55. The molecule has 0 aliphatic heterocycles. The van der Waals surface area contributed by atoms with E-state index in [9.17, 15) is 4.79 Å². The summed E-state index contributed by atoms with van der Waals surface area (Å²) < 4.78 is 4.06. The van der Waals surface area contributed by atoms with E-state index in [2.05, 4.69) is 45.8 Å². The molecule has 0 aliphatic carbocycles. The molecule has 0 aliphatic rings. The van der Waals surface area contributed by atoms with Crippen molar-refractivity contribution in [3.05, 3.63) is 70.4 Å². The zero-order valence-electron chi connectivity index (χ0n) is 15.6. The fraction of sp³-hybridized carbons (Fsp3) is 0.250. The standard InChI is InChI=1S/C20H21N5OS/c1-13-6-7-24-11-17(22-18(24)8-13)10-21-19(26)9-16-12-27-20(23-16)25-14(2)4-5-15(25)3/h4-8,11-12H,9-10H2,1-3H3,(H,21,26). The van der Waals surface area contributed by atoms with Crippen LogP contribution >= 0.6 is 11.3 Å². The minimum absolute atomic E-state index is 0.0546. The molecular formula is C20H21N5OS. The molecule has 0 radical (unpaired) electrons. The monoisotopic (exact) mass is 379 g/mol. The average Bonchev–Trinajstić information content (AvgIpc) is 3.32. The Morgan fingerprint density at radius 1 is 1.11 bits per heavy atom. The van der Waals surface area contributed by atoms with Crippen LogP contribution in [0.5, 0.6) is 0 Å². The van der Waals surface area contributed by atoms with Crippen molar-refractivity contribution in [3.8, 4) is 5.13 Å². The molecule has 0 bridgehead atoms. The zero-order chi connectivity index (χ0) is 19.0. The van der Waals surface area contributed by atoms with E-state index in [0.29, 0.717) is 6.54 Å². The molecule has 27 heavy (non-hydrogen) atoms. The summed E-state index contributed by atoms with van der Waals surface area (Å²) in [5.41, 5.74) is 5.95. The summed E-state index contributed by atoms with van der Waals surface area (Å²) >= 11 is 1.55. The molecule has 0 fully saturated rings. The Balaban J connectivity index is 1.39. The van der Waals surface area contributed by atoms with Crippen LogP contribution in [0.25, 0.3) is 10.8 Å². The minimum Gasteiger partial charge on any atom is -0.350 e. The number of amides is 1. The number of imidazole rings is 1. The predicted octanol–water partition coefficient (Wildman–Crippen LogP) is 3.37. The van der Waals surface area contributed by atoms with Gasteiger partial charge in [-0.1, -0.05) is 0 Å². The highest BCUT2D eigenvalue weighted by atomic mass is 32.1. The van der Waals surface area contributed by atoms with Crippen LogP contribution in [0.4, 0.5) is 0 Å². The largest absolute Gasteiger partial charge is 0.350 e. The minimum atomic E-state index is -0.0546. The molecule has 0 saturated carbocycles. The number of nitrogens with zero attached hydrogens (tertiary/aromatic N) is 4. The molecule has 0 aromatic carbocycles. The number of fused-ring (bicyclic) bond motifs is 1. The highest BCUT2D eigenvalue weighted by Gasteiger charge is 2.12. The molecule has 4 aromatic heterocycles. The number of thiazole rings is 1. The van der Waals surface area contributed by atoms with E-state index in [1.54, 1.807) is 11.3 Å². The van der Waals surface area contributed by atoms with Gasteiger partial charge in [-0.05, 0) is 50.6 Å². The summed E-state index contributed by atoms with van der Waals surface area (Å²) in [7, 11) is 0. The number of carbonyl (C=O) groups is 1. The van der Waals surface area contributed by atoms with Gasteiger partial charge in [-0.15, -0.1) is 11.3 Å². The second-order valence-electron chi connectivity index (χ2n) is 6.73. The van der Waals surface area contributed by atoms with Gasteiger partial charge in [0, 0.05) is 29.2 Å². The molecule has 4 heterocycles. The van der Waals surface area contributed by atoms with Crippen LogP contribution in [0.1, 0.15) is 28.3 Å². The van der Waals surface area contributed by atoms with E-state index >= 15 is 0 Å². The zero-order valence-corrected chi connectivity index (χ0v) is 16.4. The van der Waals surface area contributed by atoms with Crippen LogP contribution in [0, 0.1) is 20.8 Å². The highest BCUT2D eigenvalue weighted by Crippen LogP contribution is 2.20. The van der Waals surface area contributed by atoms with Gasteiger partial charge in [0.25, 0.3) is 0 Å². The fourth-order valence-corrected chi connectivity index (χ4v) is 4.03. The average molecular weight is 379 g/mol. The summed E-state index contributed by atoms with van der Waals surface area (Å²) in [5, 5.41) is 5.78. The third kappa shape index (κ3) is 3.64. The summed E-state index contributed by atoms with van der Waals surface area (Å²) in [5.74, 6) is -0.0546. The molecule has 1 amide bonds. The van der Waals surface area contributed by atoms with E-state index in [4.69, 9.17) is 0 Å². The number of aromatic nitrogens is 4. The Morgan fingerprint density at radius 2 is 1.89 bits per heavy atom. The third-order valence-corrected chi connectivity index (χ3v) is 5.35. The number of hydrogen-bond acceptors (Lipinski definition) is 4. The molecule has 4 rings (SSSR count). The maximum Gasteiger partial charge on any atom is 0.226 e. The van der Waals surface area contributed by atoms with Gasteiger partial charge in [-0.2, -0.15) is 0 Å². The fourth-order valence-electron chi connectivity index (χ4n) is 3.09. The van der Waals surface area contributed by atoms with Crippen molar-refractivity contribution in [2.24, 2.45) is 0 Å². The first-order chi connectivity index (χ1) is 13.0. The number of rotatable bonds is 5. The van der Waals surface area contributed by atoms with Crippen LogP contribution < -0.4 is 5.32 Å². The van der Waals surface area contributed by atoms with Gasteiger partial charge in [-0.3, -0.25) is 9.36 Å². The van der Waals surface area contributed by atoms with Crippen molar-refractivity contribution in [2.75, 3.05) is 0 Å². The maximum absolute atomic E-state index is 12.3. The van der Waals surface area contributed by atoms with Gasteiger partial charge >= 0.3 is 0 Å². The summed E-state index contributed by atoms with van der Waals surface area (Å²) in [6.07, 6.45) is 4.18. The van der Waals surface area contributed by atoms with E-state index in [1.807, 2.05) is 41.2 Å². The second kappa shape index (κ2) is 7.00. The van der Waals surface area contributed by atoms with E-state index in [1.165, 1.54) is 0 Å². The van der Waals surface area contributed by atoms with Gasteiger partial charge in [0.1, 0.15) is 5.65 Å². The molecule has 1 N–H and O–H groups in total. The molecule has 7 heteroatoms. The lowest BCUT2D eigenvalue weighted by molar-refractivity contribution is -0.120. The number of hydrogen-bond donors (Lipinski definition) is 1. The van der Waals surface area contributed by atoms with Crippen molar-refractivity contribution in [3.63, 3.8) is 0 Å². The van der Waals surface area contributed by atoms with Crippen molar-refractivity contribution >= 4 is 22.9 Å². The van der Waals surface area contributed by atoms with Crippen molar-refractivity contribution in [1.29, 1.82) is 0 Å². The molecule has 4 aromatic rings. The van der Waals surface area contributed by atoms with Crippen LogP contribution in [0.15, 0.2) is 42.0 Å². The molecule has 6 nitrogen and oxygen atoms in total. The van der Waals surface area contributed by atoms with Crippen molar-refractivity contribution in [1.82, 2.24) is 24.3 Å². The number of carbonyl (C=O) groups excluding carboxylic acids is 1. The lowest BCUT2D eigenvalue weighted by Gasteiger charge is -2.04. The predicted molar refractivity (Wildman–Crippen MR) is 106 cm³/mol. The van der Waals surface area contributed by atoms with Crippen molar-refractivity contribution < 1.29 is 4.79 Å². The SMILES string of the molecule is Cc1ccn2cc(CNC(=O)Cc3csc(-n4c(C)ccc4C)n3)nc2c1. The smallest absolute Gasteiger partial charge is 0.226 e. The number of pyridine rings is 1. The first kappa shape index (κ1) is 17.5. The highest BCUT2D eigenvalue weighted by molar-refractivity contribution is 7.12. The molecule has 0 spiro atoms. The first-order valence-electron chi connectivity index (χ1n) is 8.80. The lowest BCUT2D eigenvalue weighted by atomic mass is 10.3. The second-order valence-corrected chi connectivity index (χ2v) is 7.56. The quantitative estimate of drug-likeness (QED) is 0.578. The van der Waals surface area contributed by atoms with Gasteiger partial charge in [0.2, 0.25) is 5.91 Å². The maximum atomic E-state index is 12.3. The Morgan fingerprint density at radius 3 is 2.67 bits per heavy atom. The Labute approximate surface area is 161 Å². The summed E-state index contributed by atoms with van der Waals surface area (Å²) in [6, 6.07) is 8.19. The topological polar surface area (TPSA) is 64.2 Å². The Bertz CT molecular complexity index is 1100. The molecular weight excluding hydrogens is 358 g/mol. The Hall–Kier alpha value is -2.93. The van der Waals surface area contributed by atoms with Gasteiger partial charge in [0.15, 0.2) is 5.13 Å². The summed E-state index contributed by atoms with van der Waals surface area (Å²) in [4.78, 5) is 21.5. The first-order valence-corrected chi connectivity index (χ1v) is 9.68. The van der Waals surface area contributed by atoms with E-state index in [-0.39, 0.29) is 12.3 Å². The molecule has 0 atom stereocenters. The van der Waals surface area contributed by atoms with Crippen LogP contribution in [-0.2, 0) is 17.8 Å². The lowest BCUT2D eigenvalue weighted by Crippen LogP contribution is -2.24. The van der Waals surface area contributed by atoms with Crippen molar-refractivity contribution in [2.45, 2.75) is 33.7 Å². The van der Waals surface area contributed by atoms with Crippen LogP contribution in [-0.4, -0.2) is 24.8 Å². The van der Waals surface area contributed by atoms with E-state index in [0.717, 1.165) is 39.1 Å². The molecule has 0 unspecified atom stereocenters. The molecule has 0 saturated heterocycles.